The standard InChI is InChI=1S/C18H15N7O.C3H6.C2H6/c1-26-15-11-23-14(16(24-15)13-5-2-3-6-19-13)12-25-10-9-22-18(25)17-20-7-4-8-21-17;1-3-2;1-2/h2-11H,12H2,1H3;3H,1H2,2H3;1-2H3. The average molecular weight is 418 g/mol. The van der Waals surface area contributed by atoms with Gasteiger partial charge in [0.05, 0.1) is 31.2 Å². The molecular formula is C23H27N7O. The maximum Gasteiger partial charge on any atom is 0.232 e. The van der Waals surface area contributed by atoms with Crippen LogP contribution in [0.1, 0.15) is 26.5 Å². The van der Waals surface area contributed by atoms with E-state index in [2.05, 4.69) is 36.5 Å². The second-order valence-corrected chi connectivity index (χ2v) is 5.78. The molecule has 0 aliphatic carbocycles. The highest BCUT2D eigenvalue weighted by Crippen LogP contribution is 2.22. The van der Waals surface area contributed by atoms with Gasteiger partial charge in [-0.2, -0.15) is 0 Å². The maximum atomic E-state index is 5.22. The molecule has 0 aromatic carbocycles. The Balaban J connectivity index is 0.000000630. The number of aromatic nitrogens is 7. The number of allylic oxidation sites excluding steroid dienone is 1. The van der Waals surface area contributed by atoms with Gasteiger partial charge < -0.3 is 9.30 Å². The van der Waals surface area contributed by atoms with Crippen molar-refractivity contribution in [2.45, 2.75) is 27.3 Å². The van der Waals surface area contributed by atoms with Crippen molar-refractivity contribution < 1.29 is 4.74 Å². The van der Waals surface area contributed by atoms with E-state index in [9.17, 15) is 0 Å². The molecule has 0 N–H and O–H groups in total. The summed E-state index contributed by atoms with van der Waals surface area (Å²) < 4.78 is 7.15. The number of nitrogens with zero attached hydrogens (tertiary/aromatic N) is 7. The summed E-state index contributed by atoms with van der Waals surface area (Å²) in [5.74, 6) is 1.65. The van der Waals surface area contributed by atoms with Gasteiger partial charge in [0.25, 0.3) is 0 Å². The van der Waals surface area contributed by atoms with Crippen molar-refractivity contribution in [3.05, 3.63) is 79.8 Å². The zero-order valence-corrected chi connectivity index (χ0v) is 18.3. The van der Waals surface area contributed by atoms with E-state index in [1.165, 1.54) is 0 Å². The Labute approximate surface area is 182 Å². The van der Waals surface area contributed by atoms with Gasteiger partial charge in [-0.25, -0.2) is 19.9 Å². The van der Waals surface area contributed by atoms with Gasteiger partial charge >= 0.3 is 0 Å². The molecule has 0 aliphatic heterocycles. The Morgan fingerprint density at radius 1 is 0.968 bits per heavy atom. The van der Waals surface area contributed by atoms with Crippen LogP contribution in [-0.4, -0.2) is 41.6 Å². The monoisotopic (exact) mass is 417 g/mol. The predicted molar refractivity (Wildman–Crippen MR) is 121 cm³/mol. The molecule has 0 radical (unpaired) electrons. The fourth-order valence-corrected chi connectivity index (χ4v) is 2.54. The van der Waals surface area contributed by atoms with Crippen LogP contribution in [0.15, 0.2) is 74.1 Å². The second kappa shape index (κ2) is 12.6. The minimum Gasteiger partial charge on any atom is -0.480 e. The Morgan fingerprint density at radius 2 is 1.68 bits per heavy atom. The molecule has 31 heavy (non-hydrogen) atoms. The second-order valence-electron chi connectivity index (χ2n) is 5.78. The van der Waals surface area contributed by atoms with E-state index >= 15 is 0 Å². The number of hydrogen-bond acceptors (Lipinski definition) is 7. The maximum absolute atomic E-state index is 5.22. The summed E-state index contributed by atoms with van der Waals surface area (Å²) in [7, 11) is 1.56. The van der Waals surface area contributed by atoms with Crippen LogP contribution in [0.3, 0.4) is 0 Å². The largest absolute Gasteiger partial charge is 0.480 e. The van der Waals surface area contributed by atoms with E-state index < -0.39 is 0 Å². The number of rotatable bonds is 5. The molecule has 4 rings (SSSR count). The Bertz CT molecular complexity index is 1050. The van der Waals surface area contributed by atoms with Gasteiger partial charge in [-0.15, -0.1) is 6.58 Å². The highest BCUT2D eigenvalue weighted by molar-refractivity contribution is 5.57. The summed E-state index contributed by atoms with van der Waals surface area (Å²) in [4.78, 5) is 26.3. The molecule has 4 heterocycles. The lowest BCUT2D eigenvalue weighted by atomic mass is 10.2. The first kappa shape index (κ1) is 23.3. The number of hydrogen-bond donors (Lipinski definition) is 0. The van der Waals surface area contributed by atoms with Gasteiger partial charge in [0, 0.05) is 31.0 Å². The van der Waals surface area contributed by atoms with E-state index in [-0.39, 0.29) is 0 Å². The number of methoxy groups -OCH3 is 1. The Morgan fingerprint density at radius 3 is 2.32 bits per heavy atom. The van der Waals surface area contributed by atoms with Crippen LogP contribution in [0, 0.1) is 0 Å². The molecule has 0 unspecified atom stereocenters. The summed E-state index contributed by atoms with van der Waals surface area (Å²) >= 11 is 0. The van der Waals surface area contributed by atoms with Crippen molar-refractivity contribution in [1.29, 1.82) is 0 Å². The van der Waals surface area contributed by atoms with Crippen LogP contribution in [0.2, 0.25) is 0 Å². The molecule has 8 heteroatoms. The third-order valence-electron chi connectivity index (χ3n) is 3.74. The molecule has 0 spiro atoms. The summed E-state index contributed by atoms with van der Waals surface area (Å²) in [6, 6.07) is 7.43. The van der Waals surface area contributed by atoms with Crippen molar-refractivity contribution in [3.8, 4) is 28.9 Å². The van der Waals surface area contributed by atoms with Crippen molar-refractivity contribution >= 4 is 0 Å². The van der Waals surface area contributed by atoms with Crippen LogP contribution in [0.5, 0.6) is 5.88 Å². The van der Waals surface area contributed by atoms with E-state index in [0.29, 0.717) is 29.8 Å². The van der Waals surface area contributed by atoms with Crippen molar-refractivity contribution in [3.63, 3.8) is 0 Å². The molecule has 8 nitrogen and oxygen atoms in total. The molecule has 160 valence electrons. The van der Waals surface area contributed by atoms with Crippen LogP contribution in [-0.2, 0) is 6.54 Å². The summed E-state index contributed by atoms with van der Waals surface area (Å²) in [6.07, 6.45) is 12.0. The molecule has 0 saturated carbocycles. The fourth-order valence-electron chi connectivity index (χ4n) is 2.54. The number of pyridine rings is 1. The Hall–Kier alpha value is -3.94. The number of imidazole rings is 1. The minimum atomic E-state index is 0.437. The Kier molecular flexibility index (Phi) is 9.48. The molecule has 4 aromatic heterocycles. The smallest absolute Gasteiger partial charge is 0.232 e. The quantitative estimate of drug-likeness (QED) is 0.442. The summed E-state index contributed by atoms with van der Waals surface area (Å²) in [6.45, 7) is 9.70. The lowest BCUT2D eigenvalue weighted by Gasteiger charge is -2.11. The van der Waals surface area contributed by atoms with Gasteiger partial charge in [0.2, 0.25) is 5.88 Å². The third-order valence-corrected chi connectivity index (χ3v) is 3.74. The van der Waals surface area contributed by atoms with E-state index in [1.807, 2.05) is 49.7 Å². The first-order chi connectivity index (χ1) is 15.3. The average Bonchev–Trinajstić information content (AvgIpc) is 3.30. The van der Waals surface area contributed by atoms with Gasteiger partial charge in [-0.3, -0.25) is 9.97 Å². The molecule has 0 fully saturated rings. The molecule has 0 atom stereocenters. The molecule has 0 saturated heterocycles. The zero-order chi connectivity index (χ0) is 22.5. The van der Waals surface area contributed by atoms with Crippen LogP contribution < -0.4 is 4.74 Å². The molecule has 4 aromatic rings. The number of ether oxygens (including phenoxy) is 1. The van der Waals surface area contributed by atoms with Gasteiger partial charge in [0.15, 0.2) is 11.6 Å². The topological polar surface area (TPSA) is 91.5 Å². The van der Waals surface area contributed by atoms with E-state index in [0.717, 1.165) is 11.4 Å². The first-order valence-corrected chi connectivity index (χ1v) is 9.93. The van der Waals surface area contributed by atoms with Crippen molar-refractivity contribution in [1.82, 2.24) is 34.5 Å². The lowest BCUT2D eigenvalue weighted by Crippen LogP contribution is -2.08. The van der Waals surface area contributed by atoms with Gasteiger partial charge in [0.1, 0.15) is 5.69 Å². The SMILES string of the molecule is C=CC.CC.COc1cnc(Cn2ccnc2-c2ncccn2)c(-c2ccccn2)n1. The molecule has 0 amide bonds. The highest BCUT2D eigenvalue weighted by Gasteiger charge is 2.15. The van der Waals surface area contributed by atoms with E-state index in [1.54, 1.807) is 50.2 Å². The van der Waals surface area contributed by atoms with E-state index in [4.69, 9.17) is 4.74 Å². The first-order valence-electron chi connectivity index (χ1n) is 9.93. The molecule has 0 aliphatic rings. The van der Waals surface area contributed by atoms with Crippen LogP contribution in [0.25, 0.3) is 23.0 Å². The predicted octanol–water partition coefficient (Wildman–Crippen LogP) is 4.47. The van der Waals surface area contributed by atoms with Crippen molar-refractivity contribution in [2.24, 2.45) is 0 Å². The minimum absolute atomic E-state index is 0.437. The van der Waals surface area contributed by atoms with Crippen molar-refractivity contribution in [2.75, 3.05) is 7.11 Å². The summed E-state index contributed by atoms with van der Waals surface area (Å²) in [5.41, 5.74) is 2.14. The molecule has 0 bridgehead atoms. The fraction of sp³-hybridized carbons (Fsp3) is 0.217. The summed E-state index contributed by atoms with van der Waals surface area (Å²) in [5, 5.41) is 0. The van der Waals surface area contributed by atoms with Crippen LogP contribution in [0.4, 0.5) is 0 Å². The lowest BCUT2D eigenvalue weighted by molar-refractivity contribution is 0.395. The third kappa shape index (κ3) is 6.27. The normalized spacial score (nSPS) is 9.55. The molecular weight excluding hydrogens is 390 g/mol. The van der Waals surface area contributed by atoms with Gasteiger partial charge in [-0.1, -0.05) is 26.0 Å². The van der Waals surface area contributed by atoms with Gasteiger partial charge in [-0.05, 0) is 25.1 Å². The zero-order valence-electron chi connectivity index (χ0n) is 18.3. The van der Waals surface area contributed by atoms with Crippen LogP contribution >= 0.6 is 0 Å². The highest BCUT2D eigenvalue weighted by atomic mass is 16.5.